The molecule has 2 N–H and O–H groups in total. The minimum atomic E-state index is -0.299. The molecule has 0 bridgehead atoms. The summed E-state index contributed by atoms with van der Waals surface area (Å²) in [5.41, 5.74) is 0.904. The molecule has 1 amide bonds. The number of rotatable bonds is 5. The fourth-order valence-corrected chi connectivity index (χ4v) is 1.65. The van der Waals surface area contributed by atoms with E-state index in [1.807, 2.05) is 6.92 Å². The first-order valence-electron chi connectivity index (χ1n) is 5.81. The third kappa shape index (κ3) is 3.69. The number of pyridine rings is 1. The van der Waals surface area contributed by atoms with Crippen molar-refractivity contribution in [2.75, 3.05) is 17.2 Å². The van der Waals surface area contributed by atoms with Gasteiger partial charge in [0.2, 0.25) is 0 Å². The number of hydrogen-bond acceptors (Lipinski definition) is 5. The fourth-order valence-electron chi connectivity index (χ4n) is 1.44. The SMILES string of the molecule is CCCNc1cc(C(=O)Nc2cnoc2)cc(Cl)n1. The summed E-state index contributed by atoms with van der Waals surface area (Å²) >= 11 is 5.89. The highest BCUT2D eigenvalue weighted by Crippen LogP contribution is 2.16. The molecule has 2 aromatic rings. The van der Waals surface area contributed by atoms with Gasteiger partial charge in [-0.1, -0.05) is 23.7 Å². The van der Waals surface area contributed by atoms with Crippen LogP contribution in [-0.2, 0) is 0 Å². The number of halogens is 1. The van der Waals surface area contributed by atoms with Crippen LogP contribution in [0.15, 0.2) is 29.1 Å². The second kappa shape index (κ2) is 6.19. The first-order chi connectivity index (χ1) is 9.19. The summed E-state index contributed by atoms with van der Waals surface area (Å²) in [5.74, 6) is 0.275. The van der Waals surface area contributed by atoms with Crippen LogP contribution in [0, 0.1) is 0 Å². The van der Waals surface area contributed by atoms with Crippen LogP contribution in [0.25, 0.3) is 0 Å². The van der Waals surface area contributed by atoms with Crippen molar-refractivity contribution in [3.63, 3.8) is 0 Å². The summed E-state index contributed by atoms with van der Waals surface area (Å²) in [7, 11) is 0. The number of hydrogen-bond donors (Lipinski definition) is 2. The Labute approximate surface area is 115 Å². The average molecular weight is 281 g/mol. The monoisotopic (exact) mass is 280 g/mol. The van der Waals surface area contributed by atoms with E-state index < -0.39 is 0 Å². The Balaban J connectivity index is 2.14. The van der Waals surface area contributed by atoms with Crippen molar-refractivity contribution in [3.8, 4) is 0 Å². The summed E-state index contributed by atoms with van der Waals surface area (Å²) in [6.07, 6.45) is 3.71. The highest BCUT2D eigenvalue weighted by Gasteiger charge is 2.10. The average Bonchev–Trinajstić information content (AvgIpc) is 2.88. The molecule has 0 radical (unpaired) electrons. The number of amides is 1. The Hall–Kier alpha value is -2.08. The molecule has 0 unspecified atom stereocenters. The number of carbonyl (C=O) groups is 1. The Morgan fingerprint density at radius 3 is 3.00 bits per heavy atom. The molecular formula is C12H13ClN4O2. The lowest BCUT2D eigenvalue weighted by atomic mass is 10.2. The van der Waals surface area contributed by atoms with Gasteiger partial charge in [-0.3, -0.25) is 4.79 Å². The third-order valence-corrected chi connectivity index (χ3v) is 2.50. The molecule has 2 rings (SSSR count). The molecule has 0 aromatic carbocycles. The van der Waals surface area contributed by atoms with E-state index in [0.717, 1.165) is 13.0 Å². The van der Waals surface area contributed by atoms with E-state index in [4.69, 9.17) is 11.6 Å². The normalized spacial score (nSPS) is 10.2. The molecule has 0 aliphatic rings. The number of aromatic nitrogens is 2. The predicted molar refractivity (Wildman–Crippen MR) is 72.5 cm³/mol. The second-order valence-corrected chi connectivity index (χ2v) is 4.25. The molecule has 0 saturated heterocycles. The molecule has 0 saturated carbocycles. The van der Waals surface area contributed by atoms with E-state index in [1.165, 1.54) is 18.5 Å². The Morgan fingerprint density at radius 2 is 2.32 bits per heavy atom. The van der Waals surface area contributed by atoms with Gasteiger partial charge in [0.15, 0.2) is 0 Å². The zero-order valence-electron chi connectivity index (χ0n) is 10.3. The Bertz CT molecular complexity index is 557. The minimum Gasteiger partial charge on any atom is -0.370 e. The third-order valence-electron chi connectivity index (χ3n) is 2.30. The number of nitrogens with zero attached hydrogens (tertiary/aromatic N) is 2. The topological polar surface area (TPSA) is 80.0 Å². The maximum atomic E-state index is 12.0. The van der Waals surface area contributed by atoms with Crippen LogP contribution in [0.1, 0.15) is 23.7 Å². The van der Waals surface area contributed by atoms with Crippen LogP contribution in [0.5, 0.6) is 0 Å². The van der Waals surface area contributed by atoms with Gasteiger partial charge in [-0.2, -0.15) is 0 Å². The molecule has 6 nitrogen and oxygen atoms in total. The van der Waals surface area contributed by atoms with Gasteiger partial charge in [-0.15, -0.1) is 0 Å². The van der Waals surface area contributed by atoms with Crippen molar-refractivity contribution in [1.82, 2.24) is 10.1 Å². The first-order valence-corrected chi connectivity index (χ1v) is 6.19. The fraction of sp³-hybridized carbons (Fsp3) is 0.250. The quantitative estimate of drug-likeness (QED) is 0.823. The van der Waals surface area contributed by atoms with Crippen molar-refractivity contribution in [1.29, 1.82) is 0 Å². The summed E-state index contributed by atoms with van der Waals surface area (Å²) in [6.45, 7) is 2.80. The summed E-state index contributed by atoms with van der Waals surface area (Å²) in [5, 5.41) is 9.49. The zero-order valence-corrected chi connectivity index (χ0v) is 11.1. The summed E-state index contributed by atoms with van der Waals surface area (Å²) in [4.78, 5) is 16.1. The maximum absolute atomic E-state index is 12.0. The predicted octanol–water partition coefficient (Wildman–Crippen LogP) is 2.80. The van der Waals surface area contributed by atoms with Crippen molar-refractivity contribution < 1.29 is 9.32 Å². The first kappa shape index (κ1) is 13.4. The van der Waals surface area contributed by atoms with Crippen LogP contribution < -0.4 is 10.6 Å². The lowest BCUT2D eigenvalue weighted by Crippen LogP contribution is -2.12. The van der Waals surface area contributed by atoms with Gasteiger partial charge in [0.25, 0.3) is 5.91 Å². The minimum absolute atomic E-state index is 0.261. The molecule has 0 aliphatic carbocycles. The molecule has 2 aromatic heterocycles. The second-order valence-electron chi connectivity index (χ2n) is 3.86. The lowest BCUT2D eigenvalue weighted by Gasteiger charge is -2.07. The van der Waals surface area contributed by atoms with Crippen LogP contribution >= 0.6 is 11.6 Å². The van der Waals surface area contributed by atoms with E-state index in [9.17, 15) is 4.79 Å². The smallest absolute Gasteiger partial charge is 0.256 e. The molecular weight excluding hydrogens is 268 g/mol. The molecule has 100 valence electrons. The highest BCUT2D eigenvalue weighted by atomic mass is 35.5. The van der Waals surface area contributed by atoms with E-state index in [2.05, 4.69) is 25.3 Å². The number of nitrogens with one attached hydrogen (secondary N) is 2. The standard InChI is InChI=1S/C12H13ClN4O2/c1-2-3-14-11-5-8(4-10(13)17-11)12(18)16-9-6-15-19-7-9/h4-7H,2-3H2,1H3,(H,14,17)(H,16,18). The maximum Gasteiger partial charge on any atom is 0.256 e. The largest absolute Gasteiger partial charge is 0.370 e. The van der Waals surface area contributed by atoms with E-state index in [0.29, 0.717) is 17.1 Å². The van der Waals surface area contributed by atoms with Gasteiger partial charge in [-0.05, 0) is 18.6 Å². The van der Waals surface area contributed by atoms with Gasteiger partial charge in [-0.25, -0.2) is 4.98 Å². The zero-order chi connectivity index (χ0) is 13.7. The Kier molecular flexibility index (Phi) is 4.35. The molecule has 0 fully saturated rings. The lowest BCUT2D eigenvalue weighted by molar-refractivity contribution is 0.102. The van der Waals surface area contributed by atoms with E-state index >= 15 is 0 Å². The van der Waals surface area contributed by atoms with Crippen molar-refractivity contribution >= 4 is 29.0 Å². The van der Waals surface area contributed by atoms with E-state index in [-0.39, 0.29) is 11.1 Å². The molecule has 0 aliphatic heterocycles. The van der Waals surface area contributed by atoms with Crippen LogP contribution in [0.3, 0.4) is 0 Å². The van der Waals surface area contributed by atoms with Crippen molar-refractivity contribution in [2.24, 2.45) is 0 Å². The molecule has 0 atom stereocenters. The molecule has 2 heterocycles. The molecule has 7 heteroatoms. The van der Waals surface area contributed by atoms with Gasteiger partial charge >= 0.3 is 0 Å². The van der Waals surface area contributed by atoms with Crippen LogP contribution in [0.2, 0.25) is 5.15 Å². The van der Waals surface area contributed by atoms with Crippen molar-refractivity contribution in [3.05, 3.63) is 35.3 Å². The van der Waals surface area contributed by atoms with Crippen LogP contribution in [-0.4, -0.2) is 22.6 Å². The number of anilines is 2. The summed E-state index contributed by atoms with van der Waals surface area (Å²) < 4.78 is 4.64. The van der Waals surface area contributed by atoms with Crippen molar-refractivity contribution in [2.45, 2.75) is 13.3 Å². The van der Waals surface area contributed by atoms with E-state index in [1.54, 1.807) is 6.07 Å². The number of carbonyl (C=O) groups excluding carboxylic acids is 1. The Morgan fingerprint density at radius 1 is 1.47 bits per heavy atom. The highest BCUT2D eigenvalue weighted by molar-refractivity contribution is 6.30. The molecule has 19 heavy (non-hydrogen) atoms. The van der Waals surface area contributed by atoms with Gasteiger partial charge in [0.1, 0.15) is 22.9 Å². The van der Waals surface area contributed by atoms with Gasteiger partial charge < -0.3 is 15.2 Å². The van der Waals surface area contributed by atoms with Crippen LogP contribution in [0.4, 0.5) is 11.5 Å². The summed E-state index contributed by atoms with van der Waals surface area (Å²) in [6, 6.07) is 3.14. The van der Waals surface area contributed by atoms with Gasteiger partial charge in [0.05, 0.1) is 6.20 Å². The van der Waals surface area contributed by atoms with Gasteiger partial charge in [0, 0.05) is 12.1 Å². The molecule has 0 spiro atoms.